The molecule has 2 heterocycles. The zero-order chi connectivity index (χ0) is 15.5. The quantitative estimate of drug-likeness (QED) is 0.531. The zero-order valence-corrected chi connectivity index (χ0v) is 13.2. The van der Waals surface area contributed by atoms with Gasteiger partial charge >= 0.3 is 5.97 Å². The minimum Gasteiger partial charge on any atom is -0.460 e. The Bertz CT molecular complexity index is 807. The molecule has 2 aromatic heterocycles. The molecule has 22 heavy (non-hydrogen) atoms. The number of para-hydroxylation sites is 1. The lowest BCUT2D eigenvalue weighted by molar-refractivity contribution is 0.0491. The predicted molar refractivity (Wildman–Crippen MR) is 84.9 cm³/mol. The van der Waals surface area contributed by atoms with Gasteiger partial charge in [0.25, 0.3) is 0 Å². The molecule has 0 saturated heterocycles. The Labute approximate surface area is 132 Å². The highest BCUT2D eigenvalue weighted by Gasteiger charge is 2.21. The largest absolute Gasteiger partial charge is 0.460 e. The number of esters is 1. The lowest BCUT2D eigenvalue weighted by Crippen LogP contribution is -2.05. The number of hydrogen-bond donors (Lipinski definition) is 0. The van der Waals surface area contributed by atoms with Crippen LogP contribution in [0.1, 0.15) is 23.0 Å². The second kappa shape index (κ2) is 6.27. The van der Waals surface area contributed by atoms with Crippen molar-refractivity contribution >= 4 is 28.7 Å². The van der Waals surface area contributed by atoms with Gasteiger partial charge in [0.1, 0.15) is 5.58 Å². The summed E-state index contributed by atoms with van der Waals surface area (Å²) in [4.78, 5) is 16.4. The molecule has 3 rings (SSSR count). The molecule has 0 unspecified atom stereocenters. The van der Waals surface area contributed by atoms with E-state index in [0.717, 1.165) is 16.1 Å². The first-order valence-electron chi connectivity index (χ1n) is 6.98. The number of rotatable bonds is 5. The third-order valence-corrected chi connectivity index (χ3v) is 4.37. The maximum atomic E-state index is 12.1. The molecular formula is C16H16N2O3S. The molecule has 0 aliphatic carbocycles. The number of nitrogens with zero attached hydrogens (tertiary/aromatic N) is 2. The summed E-state index contributed by atoms with van der Waals surface area (Å²) in [6, 6.07) is 7.63. The number of furan rings is 1. The summed E-state index contributed by atoms with van der Waals surface area (Å²) in [6.45, 7) is 2.10. The van der Waals surface area contributed by atoms with Crippen LogP contribution in [0.5, 0.6) is 0 Å². The van der Waals surface area contributed by atoms with E-state index in [1.807, 2.05) is 42.1 Å². The maximum absolute atomic E-state index is 12.1. The topological polar surface area (TPSA) is 57.3 Å². The van der Waals surface area contributed by atoms with Crippen LogP contribution in [0.25, 0.3) is 11.0 Å². The molecule has 5 nitrogen and oxygen atoms in total. The van der Waals surface area contributed by atoms with Gasteiger partial charge in [-0.1, -0.05) is 30.0 Å². The van der Waals surface area contributed by atoms with Crippen molar-refractivity contribution in [3.05, 3.63) is 48.0 Å². The van der Waals surface area contributed by atoms with E-state index in [4.69, 9.17) is 9.15 Å². The molecule has 0 fully saturated rings. The third-order valence-electron chi connectivity index (χ3n) is 3.28. The van der Waals surface area contributed by atoms with E-state index in [0.29, 0.717) is 17.9 Å². The van der Waals surface area contributed by atoms with E-state index in [1.54, 1.807) is 24.9 Å². The molecule has 0 N–H and O–H groups in total. The Hall–Kier alpha value is -2.21. The number of carbonyl (C=O) groups is 1. The van der Waals surface area contributed by atoms with Crippen molar-refractivity contribution in [3.8, 4) is 0 Å². The Morgan fingerprint density at radius 2 is 2.23 bits per heavy atom. The van der Waals surface area contributed by atoms with Gasteiger partial charge in [-0.2, -0.15) is 0 Å². The Morgan fingerprint density at radius 3 is 2.95 bits per heavy atom. The molecule has 0 atom stereocenters. The molecule has 0 bridgehead atoms. The van der Waals surface area contributed by atoms with E-state index in [-0.39, 0.29) is 5.76 Å². The number of aromatic nitrogens is 2. The molecule has 0 aliphatic heterocycles. The molecule has 1 aromatic carbocycles. The number of aryl methyl sites for hydroxylation is 1. The van der Waals surface area contributed by atoms with Crippen molar-refractivity contribution in [2.75, 3.05) is 6.61 Å². The molecule has 0 amide bonds. The highest BCUT2D eigenvalue weighted by atomic mass is 32.2. The van der Waals surface area contributed by atoms with Crippen LogP contribution < -0.4 is 0 Å². The lowest BCUT2D eigenvalue weighted by Gasteiger charge is -2.03. The molecule has 0 saturated carbocycles. The van der Waals surface area contributed by atoms with Crippen LogP contribution in [0, 0.1) is 0 Å². The van der Waals surface area contributed by atoms with Crippen molar-refractivity contribution in [2.24, 2.45) is 7.05 Å². The minimum absolute atomic E-state index is 0.282. The van der Waals surface area contributed by atoms with Gasteiger partial charge in [-0.3, -0.25) is 0 Å². The second-order valence-corrected chi connectivity index (χ2v) is 5.68. The lowest BCUT2D eigenvalue weighted by atomic mass is 10.1. The predicted octanol–water partition coefficient (Wildman–Crippen LogP) is 3.64. The van der Waals surface area contributed by atoms with Gasteiger partial charge in [0.2, 0.25) is 5.76 Å². The molecule has 0 radical (unpaired) electrons. The number of fused-ring (bicyclic) bond motifs is 1. The summed E-state index contributed by atoms with van der Waals surface area (Å²) >= 11 is 1.56. The van der Waals surface area contributed by atoms with E-state index in [9.17, 15) is 4.79 Å². The van der Waals surface area contributed by atoms with Crippen LogP contribution in [0.3, 0.4) is 0 Å². The Balaban J connectivity index is 1.96. The van der Waals surface area contributed by atoms with Crippen molar-refractivity contribution in [3.63, 3.8) is 0 Å². The summed E-state index contributed by atoms with van der Waals surface area (Å²) in [5.74, 6) is 0.453. The van der Waals surface area contributed by atoms with Crippen molar-refractivity contribution < 1.29 is 13.9 Å². The SMILES string of the molecule is CCOC(=O)c1oc2ccccc2c1CSc1nccn1C. The molecule has 0 aliphatic rings. The van der Waals surface area contributed by atoms with E-state index < -0.39 is 5.97 Å². The highest BCUT2D eigenvalue weighted by molar-refractivity contribution is 7.98. The Morgan fingerprint density at radius 1 is 1.41 bits per heavy atom. The third kappa shape index (κ3) is 2.74. The number of imidazole rings is 1. The number of hydrogen-bond acceptors (Lipinski definition) is 5. The van der Waals surface area contributed by atoms with E-state index in [1.165, 1.54) is 0 Å². The average molecular weight is 316 g/mol. The van der Waals surface area contributed by atoms with Gasteiger partial charge in [-0.25, -0.2) is 9.78 Å². The van der Waals surface area contributed by atoms with Gasteiger partial charge in [0, 0.05) is 36.1 Å². The molecule has 0 spiro atoms. The number of benzene rings is 1. The van der Waals surface area contributed by atoms with Crippen molar-refractivity contribution in [2.45, 2.75) is 17.8 Å². The second-order valence-electron chi connectivity index (χ2n) is 4.74. The fourth-order valence-corrected chi connectivity index (χ4v) is 3.19. The maximum Gasteiger partial charge on any atom is 0.374 e. The van der Waals surface area contributed by atoms with Crippen LogP contribution in [-0.2, 0) is 17.5 Å². The van der Waals surface area contributed by atoms with Gasteiger partial charge in [-0.15, -0.1) is 0 Å². The average Bonchev–Trinajstić information content (AvgIpc) is 3.09. The first kappa shape index (κ1) is 14.7. The molecule has 114 valence electrons. The fraction of sp³-hybridized carbons (Fsp3) is 0.250. The number of thioether (sulfide) groups is 1. The monoisotopic (exact) mass is 316 g/mol. The summed E-state index contributed by atoms with van der Waals surface area (Å²) in [5.41, 5.74) is 1.54. The minimum atomic E-state index is -0.422. The van der Waals surface area contributed by atoms with Gasteiger partial charge in [0.15, 0.2) is 5.16 Å². The molecular weight excluding hydrogens is 300 g/mol. The van der Waals surface area contributed by atoms with Crippen LogP contribution in [-0.4, -0.2) is 22.1 Å². The first-order valence-corrected chi connectivity index (χ1v) is 7.97. The van der Waals surface area contributed by atoms with Crippen LogP contribution in [0.15, 0.2) is 46.2 Å². The number of carbonyl (C=O) groups excluding carboxylic acids is 1. The standard InChI is InChI=1S/C16H16N2O3S/c1-3-20-15(19)14-12(10-22-16-17-8-9-18(16)2)11-6-4-5-7-13(11)21-14/h4-9H,3,10H2,1-2H3. The summed E-state index contributed by atoms with van der Waals surface area (Å²) in [5, 5.41) is 1.83. The normalized spacial score (nSPS) is 11.0. The fourth-order valence-electron chi connectivity index (χ4n) is 2.23. The van der Waals surface area contributed by atoms with Gasteiger partial charge in [-0.05, 0) is 13.0 Å². The zero-order valence-electron chi connectivity index (χ0n) is 12.4. The first-order chi connectivity index (χ1) is 10.7. The number of ether oxygens (including phenoxy) is 1. The van der Waals surface area contributed by atoms with E-state index in [2.05, 4.69) is 4.98 Å². The van der Waals surface area contributed by atoms with Gasteiger partial charge < -0.3 is 13.7 Å². The van der Waals surface area contributed by atoms with Crippen molar-refractivity contribution in [1.29, 1.82) is 0 Å². The smallest absolute Gasteiger partial charge is 0.374 e. The molecule has 3 aromatic rings. The summed E-state index contributed by atoms with van der Waals surface area (Å²) in [6.07, 6.45) is 3.64. The summed E-state index contributed by atoms with van der Waals surface area (Å²) < 4.78 is 12.7. The Kier molecular flexibility index (Phi) is 4.20. The van der Waals surface area contributed by atoms with E-state index >= 15 is 0 Å². The summed E-state index contributed by atoms with van der Waals surface area (Å²) in [7, 11) is 1.94. The van der Waals surface area contributed by atoms with Crippen LogP contribution >= 0.6 is 11.8 Å². The van der Waals surface area contributed by atoms with Crippen LogP contribution in [0.2, 0.25) is 0 Å². The van der Waals surface area contributed by atoms with Gasteiger partial charge in [0.05, 0.1) is 6.61 Å². The van der Waals surface area contributed by atoms with Crippen molar-refractivity contribution in [1.82, 2.24) is 9.55 Å². The molecule has 6 heteroatoms. The highest BCUT2D eigenvalue weighted by Crippen LogP contribution is 2.31. The van der Waals surface area contributed by atoms with Crippen LogP contribution in [0.4, 0.5) is 0 Å².